The molecule has 0 aliphatic heterocycles. The lowest BCUT2D eigenvalue weighted by atomic mass is 9.87. The van der Waals surface area contributed by atoms with E-state index in [9.17, 15) is 9.90 Å². The molecule has 2 aromatic rings. The van der Waals surface area contributed by atoms with Gasteiger partial charge in [-0.15, -0.1) is 11.3 Å². The van der Waals surface area contributed by atoms with Gasteiger partial charge in [0.1, 0.15) is 0 Å². The second-order valence-corrected chi connectivity index (χ2v) is 6.86. The van der Waals surface area contributed by atoms with Gasteiger partial charge < -0.3 is 14.8 Å². The van der Waals surface area contributed by atoms with Crippen molar-refractivity contribution < 1.29 is 14.3 Å². The first-order valence-electron chi connectivity index (χ1n) is 6.83. The van der Waals surface area contributed by atoms with Gasteiger partial charge in [0, 0.05) is 6.54 Å². The van der Waals surface area contributed by atoms with Crippen molar-refractivity contribution in [1.82, 2.24) is 10.3 Å². The summed E-state index contributed by atoms with van der Waals surface area (Å²) < 4.78 is 5.33. The van der Waals surface area contributed by atoms with E-state index in [1.54, 1.807) is 6.92 Å². The zero-order valence-corrected chi connectivity index (χ0v) is 13.2. The SMILES string of the molecule is CC(O)CC(C)(C)CNC(=O)c1ncoc1-c1cccs1. The van der Waals surface area contributed by atoms with Gasteiger partial charge in [0.2, 0.25) is 0 Å². The summed E-state index contributed by atoms with van der Waals surface area (Å²) in [6, 6.07) is 3.79. The monoisotopic (exact) mass is 308 g/mol. The number of nitrogens with zero attached hydrogens (tertiary/aromatic N) is 1. The predicted octanol–water partition coefficient (Wildman–Crippen LogP) is 2.93. The molecule has 2 heterocycles. The molecule has 1 amide bonds. The van der Waals surface area contributed by atoms with Crippen LogP contribution in [0.2, 0.25) is 0 Å². The average Bonchev–Trinajstić information content (AvgIpc) is 3.04. The maximum Gasteiger partial charge on any atom is 0.273 e. The Morgan fingerprint density at radius 2 is 2.33 bits per heavy atom. The number of aliphatic hydroxyl groups is 1. The van der Waals surface area contributed by atoms with Gasteiger partial charge in [-0.1, -0.05) is 19.9 Å². The van der Waals surface area contributed by atoms with Crippen molar-refractivity contribution >= 4 is 17.2 Å². The number of thiophene rings is 1. The summed E-state index contributed by atoms with van der Waals surface area (Å²) in [5.74, 6) is 0.238. The topological polar surface area (TPSA) is 75.4 Å². The van der Waals surface area contributed by atoms with Crippen LogP contribution in [0.5, 0.6) is 0 Å². The molecule has 2 rings (SSSR count). The Morgan fingerprint density at radius 1 is 1.57 bits per heavy atom. The van der Waals surface area contributed by atoms with Crippen LogP contribution in [0, 0.1) is 5.41 Å². The highest BCUT2D eigenvalue weighted by atomic mass is 32.1. The Balaban J connectivity index is 2.04. The smallest absolute Gasteiger partial charge is 0.273 e. The Kier molecular flexibility index (Phi) is 4.80. The minimum Gasteiger partial charge on any atom is -0.442 e. The fraction of sp³-hybridized carbons (Fsp3) is 0.467. The zero-order valence-electron chi connectivity index (χ0n) is 12.4. The summed E-state index contributed by atoms with van der Waals surface area (Å²) in [5, 5.41) is 14.3. The number of hydrogen-bond donors (Lipinski definition) is 2. The molecule has 2 N–H and O–H groups in total. The first-order valence-corrected chi connectivity index (χ1v) is 7.71. The lowest BCUT2D eigenvalue weighted by Gasteiger charge is -2.26. The number of nitrogens with one attached hydrogen (secondary N) is 1. The van der Waals surface area contributed by atoms with E-state index in [-0.39, 0.29) is 11.3 Å². The maximum absolute atomic E-state index is 12.3. The highest BCUT2D eigenvalue weighted by Gasteiger charge is 2.24. The van der Waals surface area contributed by atoms with E-state index in [0.29, 0.717) is 24.4 Å². The Morgan fingerprint density at radius 3 is 2.95 bits per heavy atom. The zero-order chi connectivity index (χ0) is 15.5. The molecule has 1 unspecified atom stereocenters. The lowest BCUT2D eigenvalue weighted by Crippen LogP contribution is -2.36. The molecule has 0 bridgehead atoms. The molecule has 1 atom stereocenters. The van der Waals surface area contributed by atoms with Crippen LogP contribution in [0.3, 0.4) is 0 Å². The number of aromatic nitrogens is 1. The van der Waals surface area contributed by atoms with Gasteiger partial charge in [0.15, 0.2) is 17.8 Å². The molecular formula is C15H20N2O3S. The number of hydrogen-bond acceptors (Lipinski definition) is 5. The summed E-state index contributed by atoms with van der Waals surface area (Å²) in [5.41, 5.74) is 0.113. The van der Waals surface area contributed by atoms with Gasteiger partial charge in [-0.05, 0) is 30.2 Å². The minimum atomic E-state index is -0.398. The van der Waals surface area contributed by atoms with Crippen LogP contribution in [0.15, 0.2) is 28.3 Å². The van der Waals surface area contributed by atoms with E-state index in [4.69, 9.17) is 4.42 Å². The van der Waals surface area contributed by atoms with E-state index in [2.05, 4.69) is 10.3 Å². The van der Waals surface area contributed by atoms with Gasteiger partial charge >= 0.3 is 0 Å². The molecule has 114 valence electrons. The Hall–Kier alpha value is -1.66. The van der Waals surface area contributed by atoms with Gasteiger partial charge in [-0.3, -0.25) is 4.79 Å². The fourth-order valence-corrected chi connectivity index (χ4v) is 2.98. The third-order valence-electron chi connectivity index (χ3n) is 3.10. The summed E-state index contributed by atoms with van der Waals surface area (Å²) in [6.45, 7) is 6.22. The van der Waals surface area contributed by atoms with Crippen molar-refractivity contribution in [3.05, 3.63) is 29.6 Å². The maximum atomic E-state index is 12.3. The molecule has 0 saturated heterocycles. The molecule has 0 aromatic carbocycles. The van der Waals surface area contributed by atoms with Gasteiger partial charge in [0.25, 0.3) is 5.91 Å². The fourth-order valence-electron chi connectivity index (χ4n) is 2.27. The summed E-state index contributed by atoms with van der Waals surface area (Å²) in [4.78, 5) is 17.2. The number of carbonyl (C=O) groups excluding carboxylic acids is 1. The second-order valence-electron chi connectivity index (χ2n) is 5.91. The summed E-state index contributed by atoms with van der Waals surface area (Å²) in [6.07, 6.45) is 1.50. The van der Waals surface area contributed by atoms with E-state index < -0.39 is 6.10 Å². The molecule has 0 spiro atoms. The van der Waals surface area contributed by atoms with Crippen molar-refractivity contribution in [2.45, 2.75) is 33.3 Å². The highest BCUT2D eigenvalue weighted by molar-refractivity contribution is 7.13. The molecule has 5 nitrogen and oxygen atoms in total. The van der Waals surface area contributed by atoms with E-state index in [1.165, 1.54) is 17.7 Å². The van der Waals surface area contributed by atoms with Crippen LogP contribution in [0.1, 0.15) is 37.7 Å². The predicted molar refractivity (Wildman–Crippen MR) is 82.2 cm³/mol. The summed E-state index contributed by atoms with van der Waals surface area (Å²) >= 11 is 1.50. The molecular weight excluding hydrogens is 288 g/mol. The normalized spacial score (nSPS) is 13.1. The van der Waals surface area contributed by atoms with Crippen molar-refractivity contribution in [2.75, 3.05) is 6.54 Å². The second kappa shape index (κ2) is 6.41. The van der Waals surface area contributed by atoms with E-state index in [0.717, 1.165) is 4.88 Å². The number of aliphatic hydroxyl groups excluding tert-OH is 1. The molecule has 0 radical (unpaired) electrons. The third kappa shape index (κ3) is 4.15. The lowest BCUT2D eigenvalue weighted by molar-refractivity contribution is 0.0898. The van der Waals surface area contributed by atoms with Gasteiger partial charge in [-0.2, -0.15) is 0 Å². The van der Waals surface area contributed by atoms with Crippen LogP contribution in [-0.4, -0.2) is 28.6 Å². The molecule has 0 aliphatic carbocycles. The van der Waals surface area contributed by atoms with Crippen LogP contribution >= 0.6 is 11.3 Å². The molecule has 2 aromatic heterocycles. The minimum absolute atomic E-state index is 0.184. The number of amides is 1. The summed E-state index contributed by atoms with van der Waals surface area (Å²) in [7, 11) is 0. The quantitative estimate of drug-likeness (QED) is 0.860. The third-order valence-corrected chi connectivity index (χ3v) is 3.97. The molecule has 0 aliphatic rings. The molecule has 0 saturated carbocycles. The van der Waals surface area contributed by atoms with Crippen LogP contribution < -0.4 is 5.32 Å². The van der Waals surface area contributed by atoms with E-state index >= 15 is 0 Å². The van der Waals surface area contributed by atoms with Gasteiger partial charge in [-0.25, -0.2) is 4.98 Å². The van der Waals surface area contributed by atoms with Crippen molar-refractivity contribution in [3.63, 3.8) is 0 Å². The van der Waals surface area contributed by atoms with E-state index in [1.807, 2.05) is 31.4 Å². The molecule has 0 fully saturated rings. The highest BCUT2D eigenvalue weighted by Crippen LogP contribution is 2.28. The first-order chi connectivity index (χ1) is 9.89. The molecule has 6 heteroatoms. The van der Waals surface area contributed by atoms with Crippen LogP contribution in [0.25, 0.3) is 10.6 Å². The van der Waals surface area contributed by atoms with Crippen molar-refractivity contribution in [2.24, 2.45) is 5.41 Å². The average molecular weight is 308 g/mol. The van der Waals surface area contributed by atoms with Crippen molar-refractivity contribution in [3.8, 4) is 10.6 Å². The number of carbonyl (C=O) groups is 1. The number of oxazole rings is 1. The van der Waals surface area contributed by atoms with Gasteiger partial charge in [0.05, 0.1) is 11.0 Å². The van der Waals surface area contributed by atoms with Crippen LogP contribution in [0.4, 0.5) is 0 Å². The Bertz CT molecular complexity index is 588. The first kappa shape index (κ1) is 15.7. The largest absolute Gasteiger partial charge is 0.442 e. The van der Waals surface area contributed by atoms with Crippen LogP contribution in [-0.2, 0) is 0 Å². The standard InChI is InChI=1S/C15H20N2O3S/c1-10(18)7-15(2,3)8-16-14(19)12-13(20-9-17-12)11-5-4-6-21-11/h4-6,9-10,18H,7-8H2,1-3H3,(H,16,19). The molecule has 21 heavy (non-hydrogen) atoms. The van der Waals surface area contributed by atoms with Crippen molar-refractivity contribution in [1.29, 1.82) is 0 Å². The Labute approximate surface area is 128 Å². The number of rotatable bonds is 6.